The lowest BCUT2D eigenvalue weighted by Crippen LogP contribution is -2.21. The standard InChI is InChI=1S/C21H22N4O/c1-3-25(4-2)19-12-10-18(11-13-19)24-21(26)17-14-22-20(23-15-17)16-8-6-5-7-9-16/h5-15H,3-4H2,1-2H3,(H,24,26). The maximum absolute atomic E-state index is 12.4. The second kappa shape index (κ2) is 8.25. The zero-order chi connectivity index (χ0) is 18.4. The van der Waals surface area contributed by atoms with Crippen LogP contribution >= 0.6 is 0 Å². The van der Waals surface area contributed by atoms with Gasteiger partial charge in [0.15, 0.2) is 5.82 Å². The summed E-state index contributed by atoms with van der Waals surface area (Å²) in [6.45, 7) is 6.15. The van der Waals surface area contributed by atoms with E-state index in [9.17, 15) is 4.79 Å². The summed E-state index contributed by atoms with van der Waals surface area (Å²) in [6.07, 6.45) is 3.10. The second-order valence-electron chi connectivity index (χ2n) is 5.83. The smallest absolute Gasteiger partial charge is 0.258 e. The van der Waals surface area contributed by atoms with Gasteiger partial charge in [0.05, 0.1) is 5.56 Å². The van der Waals surface area contributed by atoms with Crippen molar-refractivity contribution in [1.82, 2.24) is 9.97 Å². The number of carbonyl (C=O) groups excluding carboxylic acids is 1. The third-order valence-electron chi connectivity index (χ3n) is 4.20. The lowest BCUT2D eigenvalue weighted by Gasteiger charge is -2.21. The van der Waals surface area contributed by atoms with E-state index in [1.165, 1.54) is 0 Å². The molecule has 3 aromatic rings. The Bertz CT molecular complexity index is 841. The van der Waals surface area contributed by atoms with E-state index in [0.717, 1.165) is 30.0 Å². The molecule has 3 rings (SSSR count). The number of rotatable bonds is 6. The Morgan fingerprint density at radius 2 is 1.54 bits per heavy atom. The third kappa shape index (κ3) is 4.06. The zero-order valence-electron chi connectivity index (χ0n) is 15.0. The lowest BCUT2D eigenvalue weighted by atomic mass is 10.2. The molecule has 5 heteroatoms. The first kappa shape index (κ1) is 17.6. The van der Waals surface area contributed by atoms with Gasteiger partial charge < -0.3 is 10.2 Å². The zero-order valence-corrected chi connectivity index (χ0v) is 15.0. The van der Waals surface area contributed by atoms with Gasteiger partial charge in [-0.15, -0.1) is 0 Å². The summed E-state index contributed by atoms with van der Waals surface area (Å²) in [4.78, 5) is 23.2. The number of hydrogen-bond acceptors (Lipinski definition) is 4. The number of nitrogens with one attached hydrogen (secondary N) is 1. The first-order valence-electron chi connectivity index (χ1n) is 8.75. The van der Waals surface area contributed by atoms with Gasteiger partial charge in [0.25, 0.3) is 5.91 Å². The number of carbonyl (C=O) groups is 1. The summed E-state index contributed by atoms with van der Waals surface area (Å²) < 4.78 is 0. The molecule has 5 nitrogen and oxygen atoms in total. The van der Waals surface area contributed by atoms with Crippen LogP contribution in [0.25, 0.3) is 11.4 Å². The predicted octanol–water partition coefficient (Wildman–Crippen LogP) is 4.24. The number of hydrogen-bond donors (Lipinski definition) is 1. The highest BCUT2D eigenvalue weighted by atomic mass is 16.1. The second-order valence-corrected chi connectivity index (χ2v) is 5.83. The molecular formula is C21H22N4O. The summed E-state index contributed by atoms with van der Waals surface area (Å²) in [5, 5.41) is 2.88. The Kier molecular flexibility index (Phi) is 5.59. The quantitative estimate of drug-likeness (QED) is 0.725. The average molecular weight is 346 g/mol. The molecule has 0 aliphatic rings. The molecule has 0 fully saturated rings. The van der Waals surface area contributed by atoms with Crippen molar-refractivity contribution in [1.29, 1.82) is 0 Å². The van der Waals surface area contributed by atoms with Gasteiger partial charge in [-0.2, -0.15) is 0 Å². The van der Waals surface area contributed by atoms with E-state index < -0.39 is 0 Å². The number of aromatic nitrogens is 2. The van der Waals surface area contributed by atoms with Crippen molar-refractivity contribution in [2.75, 3.05) is 23.3 Å². The summed E-state index contributed by atoms with van der Waals surface area (Å²) in [6, 6.07) is 17.5. The first-order chi connectivity index (χ1) is 12.7. The molecule has 1 aromatic heterocycles. The Morgan fingerprint density at radius 1 is 0.923 bits per heavy atom. The van der Waals surface area contributed by atoms with Crippen LogP contribution in [0.3, 0.4) is 0 Å². The van der Waals surface area contributed by atoms with Crippen molar-refractivity contribution in [2.24, 2.45) is 0 Å². The molecule has 1 N–H and O–H groups in total. The molecule has 0 aliphatic heterocycles. The summed E-state index contributed by atoms with van der Waals surface area (Å²) in [5.74, 6) is 0.380. The molecule has 0 aliphatic carbocycles. The van der Waals surface area contributed by atoms with Crippen LogP contribution in [0.2, 0.25) is 0 Å². The fourth-order valence-electron chi connectivity index (χ4n) is 2.73. The Balaban J connectivity index is 1.68. The molecule has 0 radical (unpaired) electrons. The molecule has 0 bridgehead atoms. The maximum atomic E-state index is 12.4. The first-order valence-corrected chi connectivity index (χ1v) is 8.75. The van der Waals surface area contributed by atoms with E-state index in [2.05, 4.69) is 34.0 Å². The van der Waals surface area contributed by atoms with E-state index in [4.69, 9.17) is 0 Å². The van der Waals surface area contributed by atoms with Crippen LogP contribution in [-0.2, 0) is 0 Å². The highest BCUT2D eigenvalue weighted by molar-refractivity contribution is 6.04. The van der Waals surface area contributed by atoms with E-state index >= 15 is 0 Å². The third-order valence-corrected chi connectivity index (χ3v) is 4.20. The fraction of sp³-hybridized carbons (Fsp3) is 0.190. The van der Waals surface area contributed by atoms with Gasteiger partial charge in [-0.1, -0.05) is 30.3 Å². The monoisotopic (exact) mass is 346 g/mol. The number of anilines is 2. The number of benzene rings is 2. The van der Waals surface area contributed by atoms with E-state index in [0.29, 0.717) is 11.4 Å². The van der Waals surface area contributed by atoms with Gasteiger partial charge in [0, 0.05) is 42.4 Å². The van der Waals surface area contributed by atoms with Crippen molar-refractivity contribution >= 4 is 17.3 Å². The largest absolute Gasteiger partial charge is 0.372 e. The summed E-state index contributed by atoms with van der Waals surface area (Å²) >= 11 is 0. The van der Waals surface area contributed by atoms with Crippen LogP contribution in [-0.4, -0.2) is 29.0 Å². The Hall–Kier alpha value is -3.21. The minimum Gasteiger partial charge on any atom is -0.372 e. The SMILES string of the molecule is CCN(CC)c1ccc(NC(=O)c2cnc(-c3ccccc3)nc2)cc1. The van der Waals surface area contributed by atoms with E-state index in [1.807, 2.05) is 54.6 Å². The molecule has 2 aromatic carbocycles. The van der Waals surface area contributed by atoms with Gasteiger partial charge in [-0.25, -0.2) is 9.97 Å². The Labute approximate surface area is 153 Å². The summed E-state index contributed by atoms with van der Waals surface area (Å²) in [5.41, 5.74) is 3.24. The minimum atomic E-state index is -0.222. The number of nitrogens with zero attached hydrogens (tertiary/aromatic N) is 3. The van der Waals surface area contributed by atoms with Gasteiger partial charge in [0.1, 0.15) is 0 Å². The molecule has 0 atom stereocenters. The summed E-state index contributed by atoms with van der Waals surface area (Å²) in [7, 11) is 0. The molecule has 1 amide bonds. The van der Waals surface area contributed by atoms with Crippen molar-refractivity contribution in [3.05, 3.63) is 72.6 Å². The average Bonchev–Trinajstić information content (AvgIpc) is 2.71. The van der Waals surface area contributed by atoms with Crippen molar-refractivity contribution in [2.45, 2.75) is 13.8 Å². The molecule has 1 heterocycles. The van der Waals surface area contributed by atoms with Crippen molar-refractivity contribution in [3.8, 4) is 11.4 Å². The van der Waals surface area contributed by atoms with Gasteiger partial charge in [-0.05, 0) is 38.1 Å². The molecule has 0 saturated carbocycles. The van der Waals surface area contributed by atoms with Crippen molar-refractivity contribution < 1.29 is 4.79 Å². The lowest BCUT2D eigenvalue weighted by molar-refractivity contribution is 0.102. The molecule has 0 saturated heterocycles. The van der Waals surface area contributed by atoms with Crippen LogP contribution in [0.1, 0.15) is 24.2 Å². The fourth-order valence-corrected chi connectivity index (χ4v) is 2.73. The molecular weight excluding hydrogens is 324 g/mol. The molecule has 132 valence electrons. The van der Waals surface area contributed by atoms with Crippen LogP contribution < -0.4 is 10.2 Å². The maximum Gasteiger partial charge on any atom is 0.258 e. The van der Waals surface area contributed by atoms with Gasteiger partial charge >= 0.3 is 0 Å². The van der Waals surface area contributed by atoms with E-state index in [-0.39, 0.29) is 5.91 Å². The molecule has 0 spiro atoms. The van der Waals surface area contributed by atoms with Gasteiger partial charge in [-0.3, -0.25) is 4.79 Å². The predicted molar refractivity (Wildman–Crippen MR) is 105 cm³/mol. The minimum absolute atomic E-state index is 0.222. The van der Waals surface area contributed by atoms with Crippen LogP contribution in [0, 0.1) is 0 Å². The van der Waals surface area contributed by atoms with Crippen LogP contribution in [0.5, 0.6) is 0 Å². The highest BCUT2D eigenvalue weighted by Crippen LogP contribution is 2.18. The normalized spacial score (nSPS) is 10.4. The van der Waals surface area contributed by atoms with Gasteiger partial charge in [0.2, 0.25) is 0 Å². The van der Waals surface area contributed by atoms with Crippen LogP contribution in [0.4, 0.5) is 11.4 Å². The van der Waals surface area contributed by atoms with Crippen molar-refractivity contribution in [3.63, 3.8) is 0 Å². The topological polar surface area (TPSA) is 58.1 Å². The highest BCUT2D eigenvalue weighted by Gasteiger charge is 2.09. The molecule has 26 heavy (non-hydrogen) atoms. The number of amides is 1. The Morgan fingerprint density at radius 3 is 2.12 bits per heavy atom. The molecule has 0 unspecified atom stereocenters. The van der Waals surface area contributed by atoms with Crippen LogP contribution in [0.15, 0.2) is 67.0 Å². The van der Waals surface area contributed by atoms with E-state index in [1.54, 1.807) is 12.4 Å².